The molecule has 0 aliphatic carbocycles. The first-order chi connectivity index (χ1) is 12.7. The maximum absolute atomic E-state index is 5.41. The molecular weight excluding hydrogens is 326 g/mol. The van der Waals surface area contributed by atoms with Gasteiger partial charge in [-0.3, -0.25) is 0 Å². The molecule has 3 rings (SSSR count). The Hall–Kier alpha value is -2.20. The van der Waals surface area contributed by atoms with Crippen molar-refractivity contribution in [1.29, 1.82) is 0 Å². The average molecular weight is 355 g/mol. The van der Waals surface area contributed by atoms with Gasteiger partial charge >= 0.3 is 0 Å². The Labute approximate surface area is 156 Å². The van der Waals surface area contributed by atoms with E-state index in [1.807, 2.05) is 18.2 Å². The number of hydrogen-bond donors (Lipinski definition) is 1. The largest absolute Gasteiger partial charge is 0.497 e. The Kier molecular flexibility index (Phi) is 6.40. The summed E-state index contributed by atoms with van der Waals surface area (Å²) in [5, 5.41) is 3.80. The molecule has 1 saturated heterocycles. The Morgan fingerprint density at radius 2 is 1.50 bits per heavy atom. The summed E-state index contributed by atoms with van der Waals surface area (Å²) < 4.78 is 16.0. The van der Waals surface area contributed by atoms with Crippen LogP contribution in [0.5, 0.6) is 17.2 Å². The third kappa shape index (κ3) is 4.70. The summed E-state index contributed by atoms with van der Waals surface area (Å²) in [5.41, 5.74) is 2.66. The van der Waals surface area contributed by atoms with Crippen LogP contribution in [0.3, 0.4) is 0 Å². The molecule has 2 aromatic rings. The molecule has 140 valence electrons. The molecule has 4 nitrogen and oxygen atoms in total. The highest BCUT2D eigenvalue weighted by Crippen LogP contribution is 2.29. The SMILES string of the molecule is COc1ccc(CC[C@@H]2CC[C@@H](Cc3ccc(OC)c(OC)c3)N2)cc1. The van der Waals surface area contributed by atoms with Crippen LogP contribution in [0.15, 0.2) is 42.5 Å². The van der Waals surface area contributed by atoms with E-state index in [0.717, 1.165) is 30.1 Å². The minimum Gasteiger partial charge on any atom is -0.497 e. The Morgan fingerprint density at radius 1 is 0.808 bits per heavy atom. The molecule has 0 spiro atoms. The molecule has 1 fully saturated rings. The molecule has 0 bridgehead atoms. The van der Waals surface area contributed by atoms with E-state index in [9.17, 15) is 0 Å². The van der Waals surface area contributed by atoms with Crippen molar-refractivity contribution in [3.05, 3.63) is 53.6 Å². The molecule has 26 heavy (non-hydrogen) atoms. The lowest BCUT2D eigenvalue weighted by Gasteiger charge is -2.16. The van der Waals surface area contributed by atoms with Crippen LogP contribution in [0, 0.1) is 0 Å². The molecule has 0 aromatic heterocycles. The van der Waals surface area contributed by atoms with Crippen molar-refractivity contribution < 1.29 is 14.2 Å². The zero-order valence-corrected chi connectivity index (χ0v) is 16.0. The van der Waals surface area contributed by atoms with Crippen molar-refractivity contribution in [3.8, 4) is 17.2 Å². The van der Waals surface area contributed by atoms with Crippen LogP contribution < -0.4 is 19.5 Å². The number of benzene rings is 2. The minimum absolute atomic E-state index is 0.536. The van der Waals surface area contributed by atoms with E-state index in [0.29, 0.717) is 12.1 Å². The first-order valence-electron chi connectivity index (χ1n) is 9.31. The number of nitrogens with one attached hydrogen (secondary N) is 1. The van der Waals surface area contributed by atoms with E-state index >= 15 is 0 Å². The van der Waals surface area contributed by atoms with Gasteiger partial charge in [0.1, 0.15) is 5.75 Å². The van der Waals surface area contributed by atoms with Gasteiger partial charge in [-0.2, -0.15) is 0 Å². The third-order valence-corrected chi connectivity index (χ3v) is 5.21. The van der Waals surface area contributed by atoms with E-state index in [1.54, 1.807) is 21.3 Å². The van der Waals surface area contributed by atoms with E-state index in [4.69, 9.17) is 14.2 Å². The molecule has 0 unspecified atom stereocenters. The summed E-state index contributed by atoms with van der Waals surface area (Å²) in [5.74, 6) is 2.51. The van der Waals surface area contributed by atoms with Crippen molar-refractivity contribution in [2.24, 2.45) is 0 Å². The van der Waals surface area contributed by atoms with Crippen molar-refractivity contribution in [2.45, 2.75) is 44.2 Å². The molecule has 1 N–H and O–H groups in total. The molecule has 1 aliphatic heterocycles. The summed E-state index contributed by atoms with van der Waals surface area (Å²) in [6, 6.07) is 15.7. The van der Waals surface area contributed by atoms with E-state index in [-0.39, 0.29) is 0 Å². The fraction of sp³-hybridized carbons (Fsp3) is 0.455. The fourth-order valence-corrected chi connectivity index (χ4v) is 3.72. The zero-order valence-electron chi connectivity index (χ0n) is 16.0. The van der Waals surface area contributed by atoms with Crippen molar-refractivity contribution in [2.75, 3.05) is 21.3 Å². The van der Waals surface area contributed by atoms with Crippen LogP contribution in [0.2, 0.25) is 0 Å². The van der Waals surface area contributed by atoms with Crippen molar-refractivity contribution in [1.82, 2.24) is 5.32 Å². The molecule has 0 amide bonds. The first-order valence-corrected chi connectivity index (χ1v) is 9.31. The van der Waals surface area contributed by atoms with Gasteiger partial charge in [-0.15, -0.1) is 0 Å². The second-order valence-electron chi connectivity index (χ2n) is 6.92. The van der Waals surface area contributed by atoms with Crippen LogP contribution in [-0.2, 0) is 12.8 Å². The lowest BCUT2D eigenvalue weighted by atomic mass is 10.0. The summed E-state index contributed by atoms with van der Waals surface area (Å²) in [6.07, 6.45) is 5.77. The van der Waals surface area contributed by atoms with Gasteiger partial charge < -0.3 is 19.5 Å². The van der Waals surface area contributed by atoms with Crippen molar-refractivity contribution in [3.63, 3.8) is 0 Å². The molecule has 2 atom stereocenters. The average Bonchev–Trinajstić information content (AvgIpc) is 3.14. The summed E-state index contributed by atoms with van der Waals surface area (Å²) in [6.45, 7) is 0. The first kappa shape index (κ1) is 18.6. The molecule has 1 aliphatic rings. The van der Waals surface area contributed by atoms with Crippen LogP contribution in [-0.4, -0.2) is 33.4 Å². The number of rotatable bonds is 8. The second kappa shape index (κ2) is 8.95. The second-order valence-corrected chi connectivity index (χ2v) is 6.92. The van der Waals surface area contributed by atoms with Gasteiger partial charge in [0.25, 0.3) is 0 Å². The lowest BCUT2D eigenvalue weighted by Crippen LogP contribution is -2.31. The van der Waals surface area contributed by atoms with E-state index in [1.165, 1.54) is 30.4 Å². The van der Waals surface area contributed by atoms with Gasteiger partial charge in [0.05, 0.1) is 21.3 Å². The standard InChI is InChI=1S/C22H29NO3/c1-24-20-11-5-16(6-12-20)4-8-18-9-10-19(23-18)14-17-7-13-21(25-2)22(15-17)26-3/h5-7,11-13,15,18-19,23H,4,8-10,14H2,1-3H3/t18-,19+/m1/s1. The van der Waals surface area contributed by atoms with Gasteiger partial charge in [-0.1, -0.05) is 18.2 Å². The van der Waals surface area contributed by atoms with Gasteiger partial charge in [-0.05, 0) is 67.5 Å². The molecule has 4 heteroatoms. The van der Waals surface area contributed by atoms with Gasteiger partial charge in [0, 0.05) is 12.1 Å². The van der Waals surface area contributed by atoms with Gasteiger partial charge in [-0.25, -0.2) is 0 Å². The summed E-state index contributed by atoms with van der Waals surface area (Å²) in [4.78, 5) is 0. The predicted molar refractivity (Wildman–Crippen MR) is 105 cm³/mol. The Morgan fingerprint density at radius 3 is 2.19 bits per heavy atom. The highest BCUT2D eigenvalue weighted by molar-refractivity contribution is 5.43. The predicted octanol–water partition coefficient (Wildman–Crippen LogP) is 4.01. The monoisotopic (exact) mass is 355 g/mol. The quantitative estimate of drug-likeness (QED) is 0.777. The highest BCUT2D eigenvalue weighted by Gasteiger charge is 2.23. The Balaban J connectivity index is 1.49. The molecule has 2 aromatic carbocycles. The van der Waals surface area contributed by atoms with Crippen LogP contribution >= 0.6 is 0 Å². The third-order valence-electron chi connectivity index (χ3n) is 5.21. The maximum Gasteiger partial charge on any atom is 0.160 e. The Bertz CT molecular complexity index is 699. The number of aryl methyl sites for hydroxylation is 1. The molecule has 0 saturated carbocycles. The van der Waals surface area contributed by atoms with Crippen LogP contribution in [0.1, 0.15) is 30.4 Å². The van der Waals surface area contributed by atoms with Crippen LogP contribution in [0.4, 0.5) is 0 Å². The van der Waals surface area contributed by atoms with E-state index in [2.05, 4.69) is 29.6 Å². The van der Waals surface area contributed by atoms with Crippen LogP contribution in [0.25, 0.3) is 0 Å². The lowest BCUT2D eigenvalue weighted by molar-refractivity contribution is 0.354. The van der Waals surface area contributed by atoms with Crippen molar-refractivity contribution >= 4 is 0 Å². The maximum atomic E-state index is 5.41. The zero-order chi connectivity index (χ0) is 18.4. The molecule has 0 radical (unpaired) electrons. The summed E-state index contributed by atoms with van der Waals surface area (Å²) >= 11 is 0. The summed E-state index contributed by atoms with van der Waals surface area (Å²) in [7, 11) is 5.06. The molecular formula is C22H29NO3. The topological polar surface area (TPSA) is 39.7 Å². The van der Waals surface area contributed by atoms with E-state index < -0.39 is 0 Å². The smallest absolute Gasteiger partial charge is 0.160 e. The molecule has 1 heterocycles. The minimum atomic E-state index is 0.536. The number of hydrogen-bond acceptors (Lipinski definition) is 4. The number of ether oxygens (including phenoxy) is 3. The number of methoxy groups -OCH3 is 3. The highest BCUT2D eigenvalue weighted by atomic mass is 16.5. The fourth-order valence-electron chi connectivity index (χ4n) is 3.72. The van der Waals surface area contributed by atoms with Gasteiger partial charge in [0.15, 0.2) is 11.5 Å². The normalized spacial score (nSPS) is 19.3. The van der Waals surface area contributed by atoms with Gasteiger partial charge in [0.2, 0.25) is 0 Å².